The number of fused-ring (bicyclic) bond motifs is 1. The largest absolute Gasteiger partial charge is 0.466 e. The molecule has 1 unspecified atom stereocenters. The molecule has 0 aliphatic rings. The summed E-state index contributed by atoms with van der Waals surface area (Å²) >= 11 is 0. The fourth-order valence-electron chi connectivity index (χ4n) is 4.04. The highest BCUT2D eigenvalue weighted by Crippen LogP contribution is 2.30. The molecular weight excluding hydrogens is 428 g/mol. The van der Waals surface area contributed by atoms with Gasteiger partial charge >= 0.3 is 0 Å². The molecule has 0 saturated heterocycles. The Morgan fingerprint density at radius 2 is 1.71 bits per heavy atom. The predicted octanol–water partition coefficient (Wildman–Crippen LogP) is 4.13. The van der Waals surface area contributed by atoms with Crippen molar-refractivity contribution in [1.82, 2.24) is 20.5 Å². The minimum atomic E-state index is -0.798. The molecule has 7 nitrogen and oxygen atoms in total. The Hall–Kier alpha value is -3.32. The van der Waals surface area contributed by atoms with Gasteiger partial charge in [-0.2, -0.15) is 0 Å². The first-order valence-electron chi connectivity index (χ1n) is 12.1. The van der Waals surface area contributed by atoms with Gasteiger partial charge in [0.25, 0.3) is 11.8 Å². The molecule has 2 aromatic carbocycles. The molecule has 182 valence electrons. The monoisotopic (exact) mass is 464 g/mol. The second-order valence-corrected chi connectivity index (χ2v) is 8.29. The van der Waals surface area contributed by atoms with E-state index >= 15 is 0 Å². The summed E-state index contributed by atoms with van der Waals surface area (Å²) < 4.78 is 8.19. The zero-order chi connectivity index (χ0) is 24.5. The summed E-state index contributed by atoms with van der Waals surface area (Å²) in [5, 5.41) is 9.90. The zero-order valence-electron chi connectivity index (χ0n) is 20.6. The second-order valence-electron chi connectivity index (χ2n) is 8.29. The number of carbonyl (C=O) groups is 2. The van der Waals surface area contributed by atoms with Gasteiger partial charge < -0.3 is 19.9 Å². The van der Waals surface area contributed by atoms with Crippen molar-refractivity contribution in [3.05, 3.63) is 65.4 Å². The summed E-state index contributed by atoms with van der Waals surface area (Å²) in [6, 6.07) is 15.5. The molecule has 7 heteroatoms. The third-order valence-corrected chi connectivity index (χ3v) is 5.76. The number of benzene rings is 2. The van der Waals surface area contributed by atoms with Crippen LogP contribution in [0.25, 0.3) is 10.9 Å². The lowest BCUT2D eigenvalue weighted by atomic mass is 10.1. The van der Waals surface area contributed by atoms with E-state index in [1.165, 1.54) is 0 Å². The molecule has 0 radical (unpaired) electrons. The molecule has 3 rings (SSSR count). The van der Waals surface area contributed by atoms with Crippen LogP contribution in [0.4, 0.5) is 0 Å². The van der Waals surface area contributed by atoms with E-state index in [1.54, 1.807) is 0 Å². The van der Waals surface area contributed by atoms with E-state index in [4.69, 9.17) is 4.74 Å². The van der Waals surface area contributed by atoms with Gasteiger partial charge in [-0.15, -0.1) is 0 Å². The standard InChI is InChI=1S/C27H36N4O3/c1-5-15-28-26(33)27(29-16-6-2)34-21-13-14-23-22(17-21)24(19(4)31(23)7-3)25(32)30-18-20-11-9-8-10-12-20/h8-14,17,27,29H,5-7,15-16,18H2,1-4H3,(H,28,33)(H,30,32). The first-order valence-corrected chi connectivity index (χ1v) is 12.1. The quantitative estimate of drug-likeness (QED) is 0.352. The average Bonchev–Trinajstić information content (AvgIpc) is 3.14. The van der Waals surface area contributed by atoms with Crippen LogP contribution in [-0.4, -0.2) is 35.7 Å². The van der Waals surface area contributed by atoms with E-state index in [9.17, 15) is 9.59 Å². The molecule has 0 aliphatic carbocycles. The number of rotatable bonds is 12. The van der Waals surface area contributed by atoms with Gasteiger partial charge in [-0.05, 0) is 57.0 Å². The van der Waals surface area contributed by atoms with E-state index in [1.807, 2.05) is 69.3 Å². The van der Waals surface area contributed by atoms with Crippen LogP contribution in [0.15, 0.2) is 48.5 Å². The molecule has 0 fully saturated rings. The Morgan fingerprint density at radius 3 is 2.38 bits per heavy atom. The maximum Gasteiger partial charge on any atom is 0.276 e. The number of ether oxygens (including phenoxy) is 1. The van der Waals surface area contributed by atoms with Crippen molar-refractivity contribution in [3.8, 4) is 5.75 Å². The van der Waals surface area contributed by atoms with Gasteiger partial charge in [-0.3, -0.25) is 14.9 Å². The SMILES string of the molecule is CCCNC(=O)C(NCCC)Oc1ccc2c(c1)c(C(=O)NCc1ccccc1)c(C)n2CC. The minimum Gasteiger partial charge on any atom is -0.466 e. The normalized spacial score (nSPS) is 11.9. The van der Waals surface area contributed by atoms with Gasteiger partial charge in [0.1, 0.15) is 5.75 Å². The zero-order valence-corrected chi connectivity index (χ0v) is 20.6. The predicted molar refractivity (Wildman–Crippen MR) is 136 cm³/mol. The Labute approximate surface area is 201 Å². The third kappa shape index (κ3) is 5.97. The summed E-state index contributed by atoms with van der Waals surface area (Å²) in [5.74, 6) is 0.216. The summed E-state index contributed by atoms with van der Waals surface area (Å²) in [7, 11) is 0. The Morgan fingerprint density at radius 1 is 0.971 bits per heavy atom. The lowest BCUT2D eigenvalue weighted by Crippen LogP contribution is -2.48. The van der Waals surface area contributed by atoms with Crippen molar-refractivity contribution < 1.29 is 14.3 Å². The maximum absolute atomic E-state index is 13.2. The highest BCUT2D eigenvalue weighted by molar-refractivity contribution is 6.08. The smallest absolute Gasteiger partial charge is 0.276 e. The highest BCUT2D eigenvalue weighted by Gasteiger charge is 2.22. The number of hydrogen-bond donors (Lipinski definition) is 3. The molecule has 34 heavy (non-hydrogen) atoms. The number of nitrogens with zero attached hydrogens (tertiary/aromatic N) is 1. The molecule has 1 aromatic heterocycles. The van der Waals surface area contributed by atoms with Crippen molar-refractivity contribution in [3.63, 3.8) is 0 Å². The Kier molecular flexibility index (Phi) is 9.10. The van der Waals surface area contributed by atoms with Crippen molar-refractivity contribution in [2.45, 2.75) is 59.9 Å². The molecule has 1 heterocycles. The lowest BCUT2D eigenvalue weighted by Gasteiger charge is -2.20. The first kappa shape index (κ1) is 25.3. The van der Waals surface area contributed by atoms with Crippen LogP contribution in [0.5, 0.6) is 5.75 Å². The first-order chi connectivity index (χ1) is 16.5. The van der Waals surface area contributed by atoms with Crippen LogP contribution < -0.4 is 20.7 Å². The van der Waals surface area contributed by atoms with Gasteiger partial charge in [0.2, 0.25) is 6.23 Å². The van der Waals surface area contributed by atoms with E-state index in [2.05, 4.69) is 27.4 Å². The Balaban J connectivity index is 1.89. The van der Waals surface area contributed by atoms with Gasteiger partial charge in [0.05, 0.1) is 5.56 Å². The topological polar surface area (TPSA) is 84.4 Å². The van der Waals surface area contributed by atoms with Crippen LogP contribution in [0.1, 0.15) is 55.2 Å². The van der Waals surface area contributed by atoms with Crippen molar-refractivity contribution in [2.24, 2.45) is 0 Å². The lowest BCUT2D eigenvalue weighted by molar-refractivity contribution is -0.129. The van der Waals surface area contributed by atoms with Crippen molar-refractivity contribution in [2.75, 3.05) is 13.1 Å². The molecule has 0 saturated carbocycles. The van der Waals surface area contributed by atoms with Crippen LogP contribution >= 0.6 is 0 Å². The van der Waals surface area contributed by atoms with E-state index in [-0.39, 0.29) is 11.8 Å². The van der Waals surface area contributed by atoms with Crippen molar-refractivity contribution >= 4 is 22.7 Å². The highest BCUT2D eigenvalue weighted by atomic mass is 16.5. The number of hydrogen-bond acceptors (Lipinski definition) is 4. The molecule has 3 aromatic rings. The number of carbonyl (C=O) groups excluding carboxylic acids is 2. The molecule has 0 aliphatic heterocycles. The Bertz CT molecular complexity index is 1110. The van der Waals surface area contributed by atoms with Gasteiger partial charge in [-0.25, -0.2) is 0 Å². The molecule has 0 spiro atoms. The molecular formula is C27H36N4O3. The van der Waals surface area contributed by atoms with Gasteiger partial charge in [-0.1, -0.05) is 44.2 Å². The van der Waals surface area contributed by atoms with Crippen LogP contribution in [-0.2, 0) is 17.9 Å². The van der Waals surface area contributed by atoms with Gasteiger partial charge in [0.15, 0.2) is 0 Å². The molecule has 1 atom stereocenters. The molecule has 0 bridgehead atoms. The minimum absolute atomic E-state index is 0.128. The van der Waals surface area contributed by atoms with Crippen LogP contribution in [0, 0.1) is 6.92 Å². The summed E-state index contributed by atoms with van der Waals surface area (Å²) in [5.41, 5.74) is 3.54. The maximum atomic E-state index is 13.2. The van der Waals surface area contributed by atoms with E-state index in [0.717, 1.165) is 41.5 Å². The number of aromatic nitrogens is 1. The van der Waals surface area contributed by atoms with Crippen molar-refractivity contribution in [1.29, 1.82) is 0 Å². The average molecular weight is 465 g/mol. The summed E-state index contributed by atoms with van der Waals surface area (Å²) in [6.45, 7) is 10.5. The summed E-state index contributed by atoms with van der Waals surface area (Å²) in [6.07, 6.45) is 0.932. The third-order valence-electron chi connectivity index (χ3n) is 5.76. The molecule has 2 amide bonds. The number of aryl methyl sites for hydroxylation is 1. The second kappa shape index (κ2) is 12.2. The number of amides is 2. The van der Waals surface area contributed by atoms with E-state index in [0.29, 0.717) is 30.9 Å². The van der Waals surface area contributed by atoms with Crippen LogP contribution in [0.2, 0.25) is 0 Å². The van der Waals surface area contributed by atoms with Gasteiger partial charge in [0, 0.05) is 36.2 Å². The fraction of sp³-hybridized carbons (Fsp3) is 0.407. The summed E-state index contributed by atoms with van der Waals surface area (Å²) in [4.78, 5) is 25.9. The fourth-order valence-corrected chi connectivity index (χ4v) is 4.04. The number of nitrogens with one attached hydrogen (secondary N) is 3. The molecule has 3 N–H and O–H groups in total. The van der Waals surface area contributed by atoms with Crippen LogP contribution in [0.3, 0.4) is 0 Å². The van der Waals surface area contributed by atoms with E-state index < -0.39 is 6.23 Å².